The quantitative estimate of drug-likeness (QED) is 0.225. The molecule has 0 aromatic heterocycles. The van der Waals surface area contributed by atoms with E-state index in [9.17, 15) is 4.79 Å². The zero-order valence-electron chi connectivity index (χ0n) is 19.8. The van der Waals surface area contributed by atoms with Gasteiger partial charge in [-0.15, -0.1) is 0 Å². The molecule has 4 rings (SSSR count). The van der Waals surface area contributed by atoms with Gasteiger partial charge in [-0.1, -0.05) is 107 Å². The van der Waals surface area contributed by atoms with E-state index in [2.05, 4.69) is 15.9 Å². The van der Waals surface area contributed by atoms with Gasteiger partial charge in [-0.3, -0.25) is 0 Å². The molecule has 0 radical (unpaired) electrons. The zero-order chi connectivity index (χ0) is 24.5. The summed E-state index contributed by atoms with van der Waals surface area (Å²) in [4.78, 5) is 11.2. The van der Waals surface area contributed by atoms with Gasteiger partial charge in [-0.05, 0) is 23.6 Å². The standard InChI is InChI=1S/C29H31BrO5/c1-29(34-20-24-15-9-4-10-16-24)27(25(30)17-31)35-26(21-32-18-22-11-5-2-6-12-22)28(29)33-19-23-13-7-3-8-14-23/h2-17,25-28H,18-21H2,1H3/t25?,26-,27?,28-,29-/m1/s1. The van der Waals surface area contributed by atoms with Gasteiger partial charge < -0.3 is 23.7 Å². The number of hydrogen-bond donors (Lipinski definition) is 0. The molecule has 1 fully saturated rings. The van der Waals surface area contributed by atoms with E-state index in [1.54, 1.807) is 0 Å². The highest BCUT2D eigenvalue weighted by atomic mass is 79.9. The molecule has 1 saturated heterocycles. The molecule has 2 unspecified atom stereocenters. The summed E-state index contributed by atoms with van der Waals surface area (Å²) in [6.45, 7) is 3.51. The van der Waals surface area contributed by atoms with Crippen molar-refractivity contribution in [3.63, 3.8) is 0 Å². The maximum absolute atomic E-state index is 11.8. The molecule has 35 heavy (non-hydrogen) atoms. The van der Waals surface area contributed by atoms with Gasteiger partial charge in [0.25, 0.3) is 0 Å². The molecule has 5 nitrogen and oxygen atoms in total. The maximum atomic E-state index is 11.8. The van der Waals surface area contributed by atoms with E-state index in [0.717, 1.165) is 23.0 Å². The van der Waals surface area contributed by atoms with Gasteiger partial charge in [0.05, 0.1) is 31.3 Å². The molecule has 0 aliphatic carbocycles. The van der Waals surface area contributed by atoms with Crippen molar-refractivity contribution in [3.8, 4) is 0 Å². The molecular weight excluding hydrogens is 508 g/mol. The number of ether oxygens (including phenoxy) is 4. The Kier molecular flexibility index (Phi) is 9.24. The lowest BCUT2D eigenvalue weighted by molar-refractivity contribution is -0.147. The van der Waals surface area contributed by atoms with Gasteiger partial charge in [-0.25, -0.2) is 0 Å². The minimum Gasteiger partial charge on any atom is -0.374 e. The van der Waals surface area contributed by atoms with E-state index in [0.29, 0.717) is 26.4 Å². The predicted octanol–water partition coefficient (Wildman–Crippen LogP) is 5.49. The number of carbonyl (C=O) groups excluding carboxylic acids is 1. The molecule has 6 heteroatoms. The molecule has 0 bridgehead atoms. The minimum absolute atomic E-state index is 0.313. The van der Waals surface area contributed by atoms with E-state index >= 15 is 0 Å². The van der Waals surface area contributed by atoms with Crippen LogP contribution in [0.2, 0.25) is 0 Å². The van der Waals surface area contributed by atoms with Crippen molar-refractivity contribution < 1.29 is 23.7 Å². The summed E-state index contributed by atoms with van der Waals surface area (Å²) in [5.74, 6) is 0. The van der Waals surface area contributed by atoms with Gasteiger partial charge in [0.2, 0.25) is 0 Å². The number of hydrogen-bond acceptors (Lipinski definition) is 5. The fourth-order valence-electron chi connectivity index (χ4n) is 4.39. The van der Waals surface area contributed by atoms with Crippen LogP contribution in [0, 0.1) is 0 Å². The average Bonchev–Trinajstić information content (AvgIpc) is 3.19. The summed E-state index contributed by atoms with van der Waals surface area (Å²) in [5.41, 5.74) is 2.28. The Bertz CT molecular complexity index is 1030. The van der Waals surface area contributed by atoms with Crippen LogP contribution in [0.15, 0.2) is 91.0 Å². The fourth-order valence-corrected chi connectivity index (χ4v) is 5.04. The molecule has 3 aromatic carbocycles. The van der Waals surface area contributed by atoms with Gasteiger partial charge >= 0.3 is 0 Å². The van der Waals surface area contributed by atoms with E-state index in [1.807, 2.05) is 97.9 Å². The van der Waals surface area contributed by atoms with Crippen LogP contribution in [-0.4, -0.2) is 41.6 Å². The summed E-state index contributed by atoms with van der Waals surface area (Å²) in [7, 11) is 0. The summed E-state index contributed by atoms with van der Waals surface area (Å²) in [5, 5.41) is 0. The Labute approximate surface area is 215 Å². The van der Waals surface area contributed by atoms with Crippen molar-refractivity contribution in [2.75, 3.05) is 6.61 Å². The van der Waals surface area contributed by atoms with Gasteiger partial charge in [0.15, 0.2) is 0 Å². The summed E-state index contributed by atoms with van der Waals surface area (Å²) >= 11 is 3.49. The second-order valence-corrected chi connectivity index (χ2v) is 9.91. The Morgan fingerprint density at radius 1 is 0.857 bits per heavy atom. The molecule has 1 aliphatic rings. The maximum Gasteiger partial charge on any atom is 0.136 e. The third-order valence-corrected chi connectivity index (χ3v) is 6.96. The first-order chi connectivity index (χ1) is 17.1. The van der Waals surface area contributed by atoms with Crippen LogP contribution in [0.3, 0.4) is 0 Å². The Morgan fingerprint density at radius 2 is 1.37 bits per heavy atom. The molecular formula is C29H31BrO5. The zero-order valence-corrected chi connectivity index (χ0v) is 21.4. The van der Waals surface area contributed by atoms with Crippen molar-refractivity contribution in [2.24, 2.45) is 0 Å². The highest BCUT2D eigenvalue weighted by Gasteiger charge is 2.57. The summed E-state index contributed by atoms with van der Waals surface area (Å²) < 4.78 is 25.4. The van der Waals surface area contributed by atoms with Crippen molar-refractivity contribution in [1.82, 2.24) is 0 Å². The van der Waals surface area contributed by atoms with E-state index in [1.165, 1.54) is 0 Å². The molecule has 1 heterocycles. The average molecular weight is 539 g/mol. The van der Waals surface area contributed by atoms with Crippen LogP contribution in [0.5, 0.6) is 0 Å². The third kappa shape index (κ3) is 6.66. The topological polar surface area (TPSA) is 54.0 Å². The van der Waals surface area contributed by atoms with E-state index in [4.69, 9.17) is 18.9 Å². The highest BCUT2D eigenvalue weighted by Crippen LogP contribution is 2.41. The number of benzene rings is 3. The van der Waals surface area contributed by atoms with Crippen LogP contribution in [0.4, 0.5) is 0 Å². The lowest BCUT2D eigenvalue weighted by Crippen LogP contribution is -2.52. The molecule has 0 N–H and O–H groups in total. The number of rotatable bonds is 12. The van der Waals surface area contributed by atoms with Crippen LogP contribution in [-0.2, 0) is 43.6 Å². The van der Waals surface area contributed by atoms with Crippen molar-refractivity contribution >= 4 is 22.2 Å². The number of carbonyl (C=O) groups is 1. The first-order valence-corrected chi connectivity index (χ1v) is 12.7. The Balaban J connectivity index is 1.54. The number of aldehydes is 1. The normalized spacial score (nSPS) is 24.8. The fraction of sp³-hybridized carbons (Fsp3) is 0.345. The van der Waals surface area contributed by atoms with Gasteiger partial charge in [-0.2, -0.15) is 0 Å². The van der Waals surface area contributed by atoms with Crippen LogP contribution >= 0.6 is 15.9 Å². The molecule has 5 atom stereocenters. The molecule has 0 saturated carbocycles. The smallest absolute Gasteiger partial charge is 0.136 e. The van der Waals surface area contributed by atoms with Crippen LogP contribution in [0.1, 0.15) is 23.6 Å². The molecule has 3 aromatic rings. The lowest BCUT2D eigenvalue weighted by Gasteiger charge is -2.36. The number of alkyl halides is 1. The predicted molar refractivity (Wildman–Crippen MR) is 138 cm³/mol. The molecule has 0 spiro atoms. The van der Waals surface area contributed by atoms with Crippen LogP contribution in [0.25, 0.3) is 0 Å². The molecule has 0 amide bonds. The SMILES string of the molecule is C[C@@]1(OCc2ccccc2)C(C(Br)C=O)O[C@H](COCc2ccccc2)[C@H]1OCc1ccccc1. The summed E-state index contributed by atoms with van der Waals surface area (Å²) in [6.07, 6.45) is -0.564. The Hall–Kier alpha value is -2.35. The lowest BCUT2D eigenvalue weighted by atomic mass is 9.90. The summed E-state index contributed by atoms with van der Waals surface area (Å²) in [6, 6.07) is 29.9. The Morgan fingerprint density at radius 3 is 1.91 bits per heavy atom. The second kappa shape index (κ2) is 12.6. The molecule has 1 aliphatic heterocycles. The first-order valence-electron chi connectivity index (χ1n) is 11.8. The van der Waals surface area contributed by atoms with Crippen molar-refractivity contribution in [3.05, 3.63) is 108 Å². The highest BCUT2D eigenvalue weighted by molar-refractivity contribution is 9.10. The first kappa shape index (κ1) is 25.7. The van der Waals surface area contributed by atoms with E-state index in [-0.39, 0.29) is 0 Å². The van der Waals surface area contributed by atoms with Gasteiger partial charge in [0, 0.05) is 0 Å². The van der Waals surface area contributed by atoms with Crippen molar-refractivity contribution in [1.29, 1.82) is 0 Å². The minimum atomic E-state index is -0.888. The van der Waals surface area contributed by atoms with E-state index < -0.39 is 28.7 Å². The van der Waals surface area contributed by atoms with Crippen molar-refractivity contribution in [2.45, 2.75) is 55.5 Å². The largest absolute Gasteiger partial charge is 0.374 e. The number of halogens is 1. The monoisotopic (exact) mass is 538 g/mol. The van der Waals surface area contributed by atoms with Crippen LogP contribution < -0.4 is 0 Å². The van der Waals surface area contributed by atoms with Gasteiger partial charge in [0.1, 0.15) is 30.2 Å². The second-order valence-electron chi connectivity index (χ2n) is 8.85. The molecule has 184 valence electrons. The third-order valence-electron chi connectivity index (χ3n) is 6.27.